The minimum absolute atomic E-state index is 0.0906. The van der Waals surface area contributed by atoms with Gasteiger partial charge in [0.15, 0.2) is 11.5 Å². The van der Waals surface area contributed by atoms with Gasteiger partial charge in [0.1, 0.15) is 0 Å². The highest BCUT2D eigenvalue weighted by molar-refractivity contribution is 6.22. The third-order valence-corrected chi connectivity index (χ3v) is 6.31. The topological polar surface area (TPSA) is 102 Å². The molecule has 0 unspecified atom stereocenters. The van der Waals surface area contributed by atoms with Crippen LogP contribution in [0, 0.1) is 5.92 Å². The molecule has 0 atom stereocenters. The number of nitrogens with zero attached hydrogens (tertiary/aromatic N) is 2. The van der Waals surface area contributed by atoms with E-state index in [1.165, 1.54) is 19.2 Å². The van der Waals surface area contributed by atoms with Crippen LogP contribution in [-0.4, -0.2) is 60.5 Å². The van der Waals surface area contributed by atoms with Crippen LogP contribution in [-0.2, 0) is 16.1 Å². The smallest absolute Gasteiger partial charge is 0.308 e. The summed E-state index contributed by atoms with van der Waals surface area (Å²) in [4.78, 5) is 53.4. The normalized spacial score (nSPS) is 17.4. The first kappa shape index (κ1) is 21.0. The molecule has 0 spiro atoms. The number of amides is 3. The molecule has 0 bridgehead atoms. The van der Waals surface area contributed by atoms with Gasteiger partial charge in [-0.25, -0.2) is 0 Å². The van der Waals surface area contributed by atoms with Crippen LogP contribution in [0.3, 0.4) is 0 Å². The number of hydrogen-bond donors (Lipinski definition) is 0. The summed E-state index contributed by atoms with van der Waals surface area (Å²) in [5.41, 5.74) is 1.58. The Labute approximate surface area is 189 Å². The molecule has 2 aromatic rings. The number of carbonyl (C=O) groups is 4. The zero-order valence-corrected chi connectivity index (χ0v) is 18.0. The van der Waals surface area contributed by atoms with E-state index in [2.05, 4.69) is 0 Å². The van der Waals surface area contributed by atoms with Gasteiger partial charge in [0.2, 0.25) is 6.79 Å². The molecule has 0 radical (unpaired) electrons. The Hall–Kier alpha value is -3.88. The van der Waals surface area contributed by atoms with Gasteiger partial charge in [0.25, 0.3) is 17.7 Å². The van der Waals surface area contributed by atoms with Gasteiger partial charge < -0.3 is 19.1 Å². The van der Waals surface area contributed by atoms with Crippen molar-refractivity contribution in [2.24, 2.45) is 5.92 Å². The molecule has 170 valence electrons. The monoisotopic (exact) mass is 450 g/mol. The third kappa shape index (κ3) is 3.69. The Morgan fingerprint density at radius 3 is 2.45 bits per heavy atom. The van der Waals surface area contributed by atoms with Gasteiger partial charge >= 0.3 is 5.97 Å². The average molecular weight is 450 g/mol. The maximum atomic E-state index is 13.0. The maximum absolute atomic E-state index is 13.0. The van der Waals surface area contributed by atoms with E-state index in [0.29, 0.717) is 43.0 Å². The van der Waals surface area contributed by atoms with E-state index in [4.69, 9.17) is 14.2 Å². The standard InChI is InChI=1S/C24H22N2O7/c1-31-24(30)15-6-8-25(9-7-15)21(27)16-3-4-17-18(11-16)23(29)26(22(17)28)12-14-2-5-19-20(10-14)33-13-32-19/h2-5,10-11,15H,6-9,12-13H2,1H3. The Bertz CT molecular complexity index is 1170. The van der Waals surface area contributed by atoms with E-state index in [0.717, 1.165) is 10.5 Å². The molecule has 33 heavy (non-hydrogen) atoms. The fourth-order valence-electron chi connectivity index (χ4n) is 4.46. The molecule has 0 aromatic heterocycles. The fraction of sp³-hybridized carbons (Fsp3) is 0.333. The van der Waals surface area contributed by atoms with Crippen LogP contribution in [0.5, 0.6) is 11.5 Å². The number of benzene rings is 2. The number of imide groups is 1. The van der Waals surface area contributed by atoms with Crippen LogP contribution in [0.15, 0.2) is 36.4 Å². The van der Waals surface area contributed by atoms with Gasteiger partial charge in [-0.15, -0.1) is 0 Å². The first-order valence-electron chi connectivity index (χ1n) is 10.7. The molecule has 9 heteroatoms. The average Bonchev–Trinajstić information content (AvgIpc) is 3.41. The fourth-order valence-corrected chi connectivity index (χ4v) is 4.46. The second-order valence-corrected chi connectivity index (χ2v) is 8.23. The number of methoxy groups -OCH3 is 1. The lowest BCUT2D eigenvalue weighted by molar-refractivity contribution is -0.146. The number of esters is 1. The first-order chi connectivity index (χ1) is 16.0. The molecule has 3 amide bonds. The molecule has 9 nitrogen and oxygen atoms in total. The largest absolute Gasteiger partial charge is 0.469 e. The number of likely N-dealkylation sites (tertiary alicyclic amines) is 1. The second kappa shape index (κ2) is 8.23. The van der Waals surface area contributed by atoms with Gasteiger partial charge in [-0.1, -0.05) is 6.07 Å². The molecule has 0 saturated carbocycles. The number of fused-ring (bicyclic) bond motifs is 2. The van der Waals surface area contributed by atoms with Gasteiger partial charge in [0.05, 0.1) is 30.7 Å². The van der Waals surface area contributed by atoms with Crippen LogP contribution in [0.4, 0.5) is 0 Å². The predicted octanol–water partition coefficient (Wildman–Crippen LogP) is 2.24. The molecule has 1 fully saturated rings. The summed E-state index contributed by atoms with van der Waals surface area (Å²) in [6, 6.07) is 9.87. The van der Waals surface area contributed by atoms with Crippen molar-refractivity contribution in [3.05, 3.63) is 58.7 Å². The minimum Gasteiger partial charge on any atom is -0.469 e. The summed E-state index contributed by atoms with van der Waals surface area (Å²) >= 11 is 0. The van der Waals surface area contributed by atoms with E-state index in [1.54, 1.807) is 29.2 Å². The highest BCUT2D eigenvalue weighted by atomic mass is 16.7. The van der Waals surface area contributed by atoms with Crippen LogP contribution < -0.4 is 9.47 Å². The molecule has 3 heterocycles. The molecule has 3 aliphatic heterocycles. The number of piperidine rings is 1. The van der Waals surface area contributed by atoms with E-state index in [-0.39, 0.29) is 42.3 Å². The lowest BCUT2D eigenvalue weighted by Crippen LogP contribution is -2.40. The van der Waals surface area contributed by atoms with Gasteiger partial charge in [-0.3, -0.25) is 24.1 Å². The highest BCUT2D eigenvalue weighted by Crippen LogP contribution is 2.34. The summed E-state index contributed by atoms with van der Waals surface area (Å²) in [6.45, 7) is 1.09. The summed E-state index contributed by atoms with van der Waals surface area (Å²) in [5.74, 6) is -0.324. The molecule has 0 N–H and O–H groups in total. The Balaban J connectivity index is 1.30. The minimum atomic E-state index is -0.438. The van der Waals surface area contributed by atoms with Crippen molar-refractivity contribution in [1.82, 2.24) is 9.80 Å². The third-order valence-electron chi connectivity index (χ3n) is 6.31. The van der Waals surface area contributed by atoms with E-state index in [1.807, 2.05) is 0 Å². The summed E-state index contributed by atoms with van der Waals surface area (Å²) < 4.78 is 15.5. The lowest BCUT2D eigenvalue weighted by atomic mass is 9.96. The quantitative estimate of drug-likeness (QED) is 0.520. The van der Waals surface area contributed by atoms with Crippen molar-refractivity contribution in [3.63, 3.8) is 0 Å². The predicted molar refractivity (Wildman–Crippen MR) is 114 cm³/mol. The molecule has 1 saturated heterocycles. The van der Waals surface area contributed by atoms with E-state index < -0.39 is 11.8 Å². The molecular weight excluding hydrogens is 428 g/mol. The van der Waals surface area contributed by atoms with Crippen molar-refractivity contribution >= 4 is 23.7 Å². The van der Waals surface area contributed by atoms with Crippen molar-refractivity contribution < 1.29 is 33.4 Å². The molecule has 2 aromatic carbocycles. The summed E-state index contributed by atoms with van der Waals surface area (Å²) in [5, 5.41) is 0. The number of rotatable bonds is 4. The highest BCUT2D eigenvalue weighted by Gasteiger charge is 2.37. The molecule has 3 aliphatic rings. The van der Waals surface area contributed by atoms with Gasteiger partial charge in [0, 0.05) is 18.7 Å². The zero-order chi connectivity index (χ0) is 23.1. The zero-order valence-electron chi connectivity index (χ0n) is 18.0. The van der Waals surface area contributed by atoms with Crippen molar-refractivity contribution in [2.75, 3.05) is 27.0 Å². The first-order valence-corrected chi connectivity index (χ1v) is 10.7. The van der Waals surface area contributed by atoms with E-state index >= 15 is 0 Å². The van der Waals surface area contributed by atoms with Crippen LogP contribution in [0.25, 0.3) is 0 Å². The number of ether oxygens (including phenoxy) is 3. The van der Waals surface area contributed by atoms with Crippen LogP contribution in [0.2, 0.25) is 0 Å². The number of hydrogen-bond acceptors (Lipinski definition) is 7. The van der Waals surface area contributed by atoms with Crippen molar-refractivity contribution in [1.29, 1.82) is 0 Å². The molecule has 0 aliphatic carbocycles. The number of carbonyl (C=O) groups excluding carboxylic acids is 4. The van der Waals surface area contributed by atoms with Crippen molar-refractivity contribution in [3.8, 4) is 11.5 Å². The van der Waals surface area contributed by atoms with Crippen molar-refractivity contribution in [2.45, 2.75) is 19.4 Å². The SMILES string of the molecule is COC(=O)C1CCN(C(=O)c2ccc3c(c2)C(=O)N(Cc2ccc4c(c2)OCO4)C3=O)CC1. The lowest BCUT2D eigenvalue weighted by Gasteiger charge is -2.30. The summed E-state index contributed by atoms with van der Waals surface area (Å²) in [6.07, 6.45) is 1.06. The molecular formula is C24H22N2O7. The van der Waals surface area contributed by atoms with E-state index in [9.17, 15) is 19.2 Å². The Morgan fingerprint density at radius 2 is 1.70 bits per heavy atom. The Kier molecular flexibility index (Phi) is 5.24. The van der Waals surface area contributed by atoms with Gasteiger partial charge in [-0.05, 0) is 48.7 Å². The van der Waals surface area contributed by atoms with Crippen LogP contribution >= 0.6 is 0 Å². The van der Waals surface area contributed by atoms with Crippen LogP contribution in [0.1, 0.15) is 49.5 Å². The van der Waals surface area contributed by atoms with Gasteiger partial charge in [-0.2, -0.15) is 0 Å². The Morgan fingerprint density at radius 1 is 0.970 bits per heavy atom. The molecule has 5 rings (SSSR count). The second-order valence-electron chi connectivity index (χ2n) is 8.23. The summed E-state index contributed by atoms with van der Waals surface area (Å²) in [7, 11) is 1.36. The maximum Gasteiger partial charge on any atom is 0.308 e.